The van der Waals surface area contributed by atoms with Crippen molar-refractivity contribution in [2.75, 3.05) is 14.2 Å². The quantitative estimate of drug-likeness (QED) is 0.718. The van der Waals surface area contributed by atoms with Gasteiger partial charge >= 0.3 is 0 Å². The number of nitrogens with zero attached hydrogens (tertiary/aromatic N) is 2. The molecule has 0 spiro atoms. The molecule has 0 saturated heterocycles. The van der Waals surface area contributed by atoms with Gasteiger partial charge in [-0.3, -0.25) is 4.98 Å². The Bertz CT molecular complexity index is 788. The van der Waals surface area contributed by atoms with E-state index in [-0.39, 0.29) is 12.4 Å². The third-order valence-corrected chi connectivity index (χ3v) is 3.48. The molecule has 120 valence electrons. The Hall–Kier alpha value is -2.53. The third-order valence-electron chi connectivity index (χ3n) is 3.48. The maximum atomic E-state index is 5.41. The van der Waals surface area contributed by atoms with Gasteiger partial charge in [-0.15, -0.1) is 12.4 Å². The van der Waals surface area contributed by atoms with Crippen LogP contribution in [0.5, 0.6) is 11.5 Å². The Labute approximate surface area is 140 Å². The van der Waals surface area contributed by atoms with Crippen molar-refractivity contribution in [2.24, 2.45) is 0 Å². The molecule has 0 aliphatic carbocycles. The van der Waals surface area contributed by atoms with Gasteiger partial charge in [0.1, 0.15) is 12.0 Å². The normalized spacial score (nSPS) is 10.0. The SMILES string of the molecule is COc1cc(-c2nocc2-c2cccnc2)cc(C)c1OC.Cl. The van der Waals surface area contributed by atoms with Gasteiger partial charge < -0.3 is 14.0 Å². The van der Waals surface area contributed by atoms with Crippen LogP contribution in [0.4, 0.5) is 0 Å². The summed E-state index contributed by atoms with van der Waals surface area (Å²) in [5.41, 5.74) is 4.46. The molecule has 0 fully saturated rings. The second kappa shape index (κ2) is 7.15. The predicted molar refractivity (Wildman–Crippen MR) is 90.3 cm³/mol. The van der Waals surface area contributed by atoms with Crippen LogP contribution in [-0.2, 0) is 0 Å². The molecule has 0 N–H and O–H groups in total. The number of hydrogen-bond acceptors (Lipinski definition) is 5. The van der Waals surface area contributed by atoms with Crippen LogP contribution in [0.25, 0.3) is 22.4 Å². The standard InChI is InChI=1S/C17H16N2O3.ClH/c1-11-7-13(8-15(20-2)17(11)21-3)16-14(10-22-19-16)12-5-4-6-18-9-12;/h4-10H,1-3H3;1H. The minimum Gasteiger partial charge on any atom is -0.493 e. The zero-order valence-corrected chi connectivity index (χ0v) is 13.9. The summed E-state index contributed by atoms with van der Waals surface area (Å²) in [5, 5.41) is 4.14. The van der Waals surface area contributed by atoms with Crippen molar-refractivity contribution in [3.05, 3.63) is 48.5 Å². The fourth-order valence-corrected chi connectivity index (χ4v) is 2.46. The number of methoxy groups -OCH3 is 2. The highest BCUT2D eigenvalue weighted by molar-refractivity contribution is 5.85. The van der Waals surface area contributed by atoms with Crippen molar-refractivity contribution in [3.63, 3.8) is 0 Å². The monoisotopic (exact) mass is 332 g/mol. The molecule has 3 aromatic rings. The molecule has 0 unspecified atom stereocenters. The van der Waals surface area contributed by atoms with Crippen molar-refractivity contribution in [1.82, 2.24) is 10.1 Å². The van der Waals surface area contributed by atoms with Crippen LogP contribution in [0.2, 0.25) is 0 Å². The number of hydrogen-bond donors (Lipinski definition) is 0. The predicted octanol–water partition coefficient (Wildman–Crippen LogP) is 4.15. The molecule has 2 aromatic heterocycles. The first-order valence-corrected chi connectivity index (χ1v) is 6.82. The van der Waals surface area contributed by atoms with Crippen molar-refractivity contribution < 1.29 is 14.0 Å². The number of halogens is 1. The van der Waals surface area contributed by atoms with E-state index >= 15 is 0 Å². The molecule has 2 heterocycles. The molecule has 0 aliphatic heterocycles. The lowest BCUT2D eigenvalue weighted by Gasteiger charge is -2.12. The minimum absolute atomic E-state index is 0. The van der Waals surface area contributed by atoms with E-state index in [1.165, 1.54) is 0 Å². The van der Waals surface area contributed by atoms with Gasteiger partial charge in [0, 0.05) is 23.5 Å². The van der Waals surface area contributed by atoms with E-state index in [0.29, 0.717) is 5.75 Å². The van der Waals surface area contributed by atoms with Crippen LogP contribution in [0.15, 0.2) is 47.4 Å². The van der Waals surface area contributed by atoms with Gasteiger partial charge in [0.05, 0.1) is 19.8 Å². The van der Waals surface area contributed by atoms with E-state index in [4.69, 9.17) is 14.0 Å². The Kier molecular flexibility index (Phi) is 5.24. The van der Waals surface area contributed by atoms with Crippen LogP contribution in [0.1, 0.15) is 5.56 Å². The molecule has 3 rings (SSSR count). The lowest BCUT2D eigenvalue weighted by atomic mass is 10.0. The Balaban J connectivity index is 0.00000192. The lowest BCUT2D eigenvalue weighted by molar-refractivity contribution is 0.353. The highest BCUT2D eigenvalue weighted by atomic mass is 35.5. The van der Waals surface area contributed by atoms with Crippen molar-refractivity contribution in [1.29, 1.82) is 0 Å². The molecule has 6 heteroatoms. The molecule has 0 radical (unpaired) electrons. The maximum absolute atomic E-state index is 5.41. The summed E-state index contributed by atoms with van der Waals surface area (Å²) < 4.78 is 16.0. The molecule has 0 atom stereocenters. The summed E-state index contributed by atoms with van der Waals surface area (Å²) >= 11 is 0. The summed E-state index contributed by atoms with van der Waals surface area (Å²) in [6.45, 7) is 1.97. The van der Waals surface area contributed by atoms with Gasteiger partial charge in [-0.25, -0.2) is 0 Å². The zero-order valence-electron chi connectivity index (χ0n) is 13.1. The minimum atomic E-state index is 0. The molecular weight excluding hydrogens is 316 g/mol. The van der Waals surface area contributed by atoms with Crippen LogP contribution in [-0.4, -0.2) is 24.4 Å². The first-order chi connectivity index (χ1) is 10.7. The van der Waals surface area contributed by atoms with Gasteiger partial charge in [-0.1, -0.05) is 11.2 Å². The van der Waals surface area contributed by atoms with Gasteiger partial charge in [-0.2, -0.15) is 0 Å². The maximum Gasteiger partial charge on any atom is 0.163 e. The van der Waals surface area contributed by atoms with Gasteiger partial charge in [0.15, 0.2) is 11.5 Å². The second-order valence-electron chi connectivity index (χ2n) is 4.85. The highest BCUT2D eigenvalue weighted by Gasteiger charge is 2.16. The largest absolute Gasteiger partial charge is 0.493 e. The number of aromatic nitrogens is 2. The Morgan fingerprint density at radius 1 is 1.09 bits per heavy atom. The van der Waals surface area contributed by atoms with Gasteiger partial charge in [0.2, 0.25) is 0 Å². The van der Waals surface area contributed by atoms with Crippen LogP contribution in [0, 0.1) is 6.92 Å². The molecule has 0 saturated carbocycles. The van der Waals surface area contributed by atoms with Crippen LogP contribution >= 0.6 is 12.4 Å². The third kappa shape index (κ3) is 3.14. The summed E-state index contributed by atoms with van der Waals surface area (Å²) in [6, 6.07) is 7.74. The topological polar surface area (TPSA) is 57.4 Å². The van der Waals surface area contributed by atoms with Crippen molar-refractivity contribution in [3.8, 4) is 33.9 Å². The first kappa shape index (κ1) is 16.8. The molecule has 5 nitrogen and oxygen atoms in total. The van der Waals surface area contributed by atoms with Gasteiger partial charge in [-0.05, 0) is 30.7 Å². The first-order valence-electron chi connectivity index (χ1n) is 6.82. The summed E-state index contributed by atoms with van der Waals surface area (Å²) in [6.07, 6.45) is 5.14. The average Bonchev–Trinajstić information content (AvgIpc) is 3.04. The van der Waals surface area contributed by atoms with E-state index < -0.39 is 0 Å². The molecular formula is C17H17ClN2O3. The number of pyridine rings is 1. The number of aryl methyl sites for hydroxylation is 1. The van der Waals surface area contributed by atoms with E-state index in [2.05, 4.69) is 10.1 Å². The fourth-order valence-electron chi connectivity index (χ4n) is 2.46. The van der Waals surface area contributed by atoms with E-state index in [9.17, 15) is 0 Å². The Morgan fingerprint density at radius 2 is 1.91 bits per heavy atom. The number of benzene rings is 1. The lowest BCUT2D eigenvalue weighted by Crippen LogP contribution is -1.94. The van der Waals surface area contributed by atoms with Gasteiger partial charge in [0.25, 0.3) is 0 Å². The highest BCUT2D eigenvalue weighted by Crippen LogP contribution is 2.38. The van der Waals surface area contributed by atoms with E-state index in [1.54, 1.807) is 32.9 Å². The number of ether oxygens (including phenoxy) is 2. The summed E-state index contributed by atoms with van der Waals surface area (Å²) in [7, 11) is 3.24. The second-order valence-corrected chi connectivity index (χ2v) is 4.85. The van der Waals surface area contributed by atoms with Crippen LogP contribution < -0.4 is 9.47 Å². The molecule has 0 bridgehead atoms. The smallest absolute Gasteiger partial charge is 0.163 e. The van der Waals surface area contributed by atoms with Crippen molar-refractivity contribution in [2.45, 2.75) is 6.92 Å². The van der Waals surface area contributed by atoms with Crippen molar-refractivity contribution >= 4 is 12.4 Å². The molecule has 0 aliphatic rings. The van der Waals surface area contributed by atoms with E-state index in [0.717, 1.165) is 33.7 Å². The van der Waals surface area contributed by atoms with E-state index in [1.807, 2.05) is 31.2 Å². The average molecular weight is 333 g/mol. The Morgan fingerprint density at radius 3 is 2.57 bits per heavy atom. The summed E-state index contributed by atoms with van der Waals surface area (Å²) in [4.78, 5) is 4.14. The fraction of sp³-hybridized carbons (Fsp3) is 0.176. The molecule has 23 heavy (non-hydrogen) atoms. The zero-order chi connectivity index (χ0) is 15.5. The van der Waals surface area contributed by atoms with Crippen LogP contribution in [0.3, 0.4) is 0 Å². The molecule has 1 aromatic carbocycles. The molecule has 0 amide bonds. The number of rotatable bonds is 4. The summed E-state index contributed by atoms with van der Waals surface area (Å²) in [5.74, 6) is 1.38.